The molecule has 0 radical (unpaired) electrons. The molecular formula is C14H14Cl2N2O3S. The van der Waals surface area contributed by atoms with Crippen molar-refractivity contribution in [2.24, 2.45) is 0 Å². The Kier molecular flexibility index (Phi) is 5.72. The van der Waals surface area contributed by atoms with E-state index in [1.807, 2.05) is 6.92 Å². The number of carbonyl (C=O) groups excluding carboxylic acids is 3. The molecule has 0 aliphatic carbocycles. The Morgan fingerprint density at radius 2 is 1.86 bits per heavy atom. The molecule has 1 aliphatic rings. The summed E-state index contributed by atoms with van der Waals surface area (Å²) >= 11 is 13.0. The fraction of sp³-hybridized carbons (Fsp3) is 0.357. The van der Waals surface area contributed by atoms with Crippen LogP contribution in [0.2, 0.25) is 10.0 Å². The summed E-state index contributed by atoms with van der Waals surface area (Å²) in [5, 5.41) is 0.529. The lowest BCUT2D eigenvalue weighted by Crippen LogP contribution is -2.35. The van der Waals surface area contributed by atoms with E-state index >= 15 is 0 Å². The van der Waals surface area contributed by atoms with Gasteiger partial charge in [0.05, 0.1) is 12.2 Å². The molecule has 1 aliphatic heterocycles. The highest BCUT2D eigenvalue weighted by molar-refractivity contribution is 8.13. The van der Waals surface area contributed by atoms with Gasteiger partial charge in [-0.3, -0.25) is 9.59 Å². The average molecular weight is 361 g/mol. The number of rotatable bonds is 5. The summed E-state index contributed by atoms with van der Waals surface area (Å²) in [5.74, 6) is 0.291. The summed E-state index contributed by atoms with van der Waals surface area (Å²) < 4.78 is 0. The summed E-state index contributed by atoms with van der Waals surface area (Å²) in [7, 11) is 0. The van der Waals surface area contributed by atoms with Crippen LogP contribution in [0.1, 0.15) is 13.3 Å². The maximum absolute atomic E-state index is 12.3. The zero-order valence-corrected chi connectivity index (χ0v) is 14.2. The molecule has 0 unspecified atom stereocenters. The third-order valence-corrected chi connectivity index (χ3v) is 4.43. The molecule has 22 heavy (non-hydrogen) atoms. The lowest BCUT2D eigenvalue weighted by Gasteiger charge is -2.16. The summed E-state index contributed by atoms with van der Waals surface area (Å²) in [6, 6.07) is 3.95. The van der Waals surface area contributed by atoms with Gasteiger partial charge in [-0.25, -0.2) is 9.69 Å². The van der Waals surface area contributed by atoms with Gasteiger partial charge in [0.2, 0.25) is 5.12 Å². The van der Waals surface area contributed by atoms with Crippen molar-refractivity contribution in [1.82, 2.24) is 4.90 Å². The smallest absolute Gasteiger partial charge is 0.306 e. The standard InChI is InChI=1S/C14H14Cl2N2O3S/c1-2-3-22-13(20)8-17-7-12(19)18(14(17)21)11-5-9(15)4-10(16)6-11/h4-6H,2-3,7-8H2,1H3. The highest BCUT2D eigenvalue weighted by Crippen LogP contribution is 2.28. The molecule has 118 valence electrons. The van der Waals surface area contributed by atoms with Crippen molar-refractivity contribution in [2.75, 3.05) is 23.7 Å². The summed E-state index contributed by atoms with van der Waals surface area (Å²) in [6.45, 7) is 1.76. The van der Waals surface area contributed by atoms with Gasteiger partial charge in [-0.15, -0.1) is 0 Å². The number of thioether (sulfide) groups is 1. The predicted octanol–water partition coefficient (Wildman–Crippen LogP) is 3.43. The number of carbonyl (C=O) groups is 3. The maximum atomic E-state index is 12.3. The molecule has 0 spiro atoms. The van der Waals surface area contributed by atoms with E-state index in [1.165, 1.54) is 23.1 Å². The van der Waals surface area contributed by atoms with Crippen LogP contribution in [-0.2, 0) is 9.59 Å². The summed E-state index contributed by atoms with van der Waals surface area (Å²) in [5.41, 5.74) is 0.309. The van der Waals surface area contributed by atoms with Crippen LogP contribution >= 0.6 is 35.0 Å². The van der Waals surface area contributed by atoms with E-state index in [1.54, 1.807) is 0 Å². The molecule has 5 nitrogen and oxygen atoms in total. The summed E-state index contributed by atoms with van der Waals surface area (Å²) in [4.78, 5) is 38.4. The fourth-order valence-electron chi connectivity index (χ4n) is 2.01. The van der Waals surface area contributed by atoms with E-state index in [0.29, 0.717) is 21.5 Å². The monoisotopic (exact) mass is 360 g/mol. The second-order valence-corrected chi connectivity index (χ2v) is 6.74. The number of hydrogen-bond acceptors (Lipinski definition) is 4. The molecule has 3 amide bonds. The molecule has 1 aromatic rings. The van der Waals surface area contributed by atoms with E-state index in [0.717, 1.165) is 23.1 Å². The first kappa shape index (κ1) is 17.1. The molecule has 1 fully saturated rings. The number of urea groups is 1. The highest BCUT2D eigenvalue weighted by atomic mass is 35.5. The minimum atomic E-state index is -0.534. The van der Waals surface area contributed by atoms with Crippen molar-refractivity contribution < 1.29 is 14.4 Å². The van der Waals surface area contributed by atoms with Crippen molar-refractivity contribution in [3.05, 3.63) is 28.2 Å². The number of halogens is 2. The van der Waals surface area contributed by atoms with E-state index in [-0.39, 0.29) is 18.2 Å². The van der Waals surface area contributed by atoms with Gasteiger partial charge in [0, 0.05) is 15.8 Å². The molecule has 1 aromatic carbocycles. The van der Waals surface area contributed by atoms with Crippen LogP contribution < -0.4 is 4.90 Å². The van der Waals surface area contributed by atoms with E-state index in [9.17, 15) is 14.4 Å². The van der Waals surface area contributed by atoms with E-state index in [4.69, 9.17) is 23.2 Å². The quantitative estimate of drug-likeness (QED) is 0.754. The molecule has 1 heterocycles. The van der Waals surface area contributed by atoms with Crippen LogP contribution in [0.25, 0.3) is 0 Å². The molecule has 0 aromatic heterocycles. The molecule has 2 rings (SSSR count). The van der Waals surface area contributed by atoms with Crippen molar-refractivity contribution in [2.45, 2.75) is 13.3 Å². The van der Waals surface area contributed by atoms with Crippen molar-refractivity contribution in [3.8, 4) is 0 Å². The van der Waals surface area contributed by atoms with Gasteiger partial charge in [0.1, 0.15) is 6.54 Å². The van der Waals surface area contributed by atoms with E-state index in [2.05, 4.69) is 0 Å². The SMILES string of the molecule is CCCSC(=O)CN1CC(=O)N(c2cc(Cl)cc(Cl)c2)C1=O. The van der Waals surface area contributed by atoms with Crippen LogP contribution in [0.3, 0.4) is 0 Å². The minimum absolute atomic E-state index is 0.0833. The Hall–Kier alpha value is -1.24. The number of amides is 3. The minimum Gasteiger partial charge on any atom is -0.306 e. The Morgan fingerprint density at radius 3 is 2.45 bits per heavy atom. The number of anilines is 1. The molecule has 0 N–H and O–H groups in total. The molecule has 0 saturated carbocycles. The van der Waals surface area contributed by atoms with Gasteiger partial charge in [-0.1, -0.05) is 41.9 Å². The van der Waals surface area contributed by atoms with Gasteiger partial charge < -0.3 is 4.90 Å². The maximum Gasteiger partial charge on any atom is 0.332 e. The summed E-state index contributed by atoms with van der Waals surface area (Å²) in [6.07, 6.45) is 0.871. The van der Waals surface area contributed by atoms with Crippen LogP contribution in [0.4, 0.5) is 10.5 Å². The van der Waals surface area contributed by atoms with Crippen LogP contribution in [-0.4, -0.2) is 40.8 Å². The Labute approximate surface area is 142 Å². The van der Waals surface area contributed by atoms with Gasteiger partial charge >= 0.3 is 6.03 Å². The number of imide groups is 1. The van der Waals surface area contributed by atoms with Crippen LogP contribution in [0.15, 0.2) is 18.2 Å². The third-order valence-electron chi connectivity index (χ3n) is 2.93. The highest BCUT2D eigenvalue weighted by Gasteiger charge is 2.38. The van der Waals surface area contributed by atoms with Gasteiger partial charge in [-0.2, -0.15) is 0 Å². The zero-order chi connectivity index (χ0) is 16.3. The average Bonchev–Trinajstić information content (AvgIpc) is 2.70. The molecular weight excluding hydrogens is 347 g/mol. The fourth-order valence-corrected chi connectivity index (χ4v) is 3.21. The Morgan fingerprint density at radius 1 is 1.23 bits per heavy atom. The third kappa shape index (κ3) is 3.94. The van der Waals surface area contributed by atoms with Crippen LogP contribution in [0, 0.1) is 0 Å². The first-order valence-corrected chi connectivity index (χ1v) is 8.40. The zero-order valence-electron chi connectivity index (χ0n) is 11.8. The largest absolute Gasteiger partial charge is 0.332 e. The number of benzene rings is 1. The molecule has 1 saturated heterocycles. The van der Waals surface area contributed by atoms with Crippen molar-refractivity contribution >= 4 is 57.7 Å². The van der Waals surface area contributed by atoms with Crippen molar-refractivity contribution in [3.63, 3.8) is 0 Å². The second-order valence-electron chi connectivity index (χ2n) is 4.72. The molecule has 0 atom stereocenters. The van der Waals surface area contributed by atoms with E-state index < -0.39 is 11.9 Å². The van der Waals surface area contributed by atoms with Crippen molar-refractivity contribution in [1.29, 1.82) is 0 Å². The Bertz CT molecular complexity index is 604. The first-order valence-electron chi connectivity index (χ1n) is 6.66. The predicted molar refractivity (Wildman–Crippen MR) is 88.7 cm³/mol. The topological polar surface area (TPSA) is 57.7 Å². The van der Waals surface area contributed by atoms with Crippen LogP contribution in [0.5, 0.6) is 0 Å². The first-order chi connectivity index (χ1) is 10.4. The van der Waals surface area contributed by atoms with Gasteiger partial charge in [0.15, 0.2) is 0 Å². The second kappa shape index (κ2) is 7.35. The number of hydrogen-bond donors (Lipinski definition) is 0. The molecule has 8 heteroatoms. The lowest BCUT2D eigenvalue weighted by atomic mass is 10.3. The lowest BCUT2D eigenvalue weighted by molar-refractivity contribution is -0.116. The normalized spacial score (nSPS) is 14.9. The number of nitrogens with zero attached hydrogens (tertiary/aromatic N) is 2. The van der Waals surface area contributed by atoms with Gasteiger partial charge in [-0.05, 0) is 24.6 Å². The Balaban J connectivity index is 2.13. The molecule has 0 bridgehead atoms. The van der Waals surface area contributed by atoms with Gasteiger partial charge in [0.25, 0.3) is 5.91 Å².